The van der Waals surface area contributed by atoms with Crippen LogP contribution in [0.2, 0.25) is 5.02 Å². The van der Waals surface area contributed by atoms with E-state index >= 15 is 0 Å². The minimum absolute atomic E-state index is 0.250. The highest BCUT2D eigenvalue weighted by Crippen LogP contribution is 2.42. The second-order valence-corrected chi connectivity index (χ2v) is 7.80. The highest BCUT2D eigenvalue weighted by atomic mass is 35.5. The standard InChI is InChI=1S/C23H29ClN2O3/c1-25-9-8-16-12-19(17-6-7-17)14-20(13-16)22(18-4-3-5-21(24)15-18)29-11-10-26-23(27)28-2/h3-5,12-15,17,22,25H,6-11H2,1-2H3,(H,26,27). The van der Waals surface area contributed by atoms with Crippen molar-refractivity contribution < 1.29 is 14.3 Å². The van der Waals surface area contributed by atoms with Crippen molar-refractivity contribution >= 4 is 17.7 Å². The maximum Gasteiger partial charge on any atom is 0.406 e. The van der Waals surface area contributed by atoms with Crippen LogP contribution in [0.4, 0.5) is 4.79 Å². The number of methoxy groups -OCH3 is 1. The number of halogens is 1. The van der Waals surface area contributed by atoms with Crippen LogP contribution in [0.3, 0.4) is 0 Å². The van der Waals surface area contributed by atoms with Gasteiger partial charge >= 0.3 is 6.09 Å². The Labute approximate surface area is 177 Å². The number of hydrogen-bond donors (Lipinski definition) is 2. The Morgan fingerprint density at radius 3 is 2.69 bits per heavy atom. The molecule has 29 heavy (non-hydrogen) atoms. The molecule has 2 aromatic carbocycles. The van der Waals surface area contributed by atoms with E-state index in [1.54, 1.807) is 0 Å². The molecule has 156 valence electrons. The van der Waals surface area contributed by atoms with Gasteiger partial charge in [0.2, 0.25) is 0 Å². The number of carbonyl (C=O) groups is 1. The monoisotopic (exact) mass is 416 g/mol. The van der Waals surface area contributed by atoms with Crippen LogP contribution in [0.25, 0.3) is 0 Å². The van der Waals surface area contributed by atoms with E-state index in [0.29, 0.717) is 24.1 Å². The number of alkyl carbamates (subject to hydrolysis) is 1. The van der Waals surface area contributed by atoms with Crippen molar-refractivity contribution in [2.75, 3.05) is 33.9 Å². The van der Waals surface area contributed by atoms with E-state index in [1.807, 2.05) is 31.3 Å². The Hall–Kier alpha value is -2.08. The highest BCUT2D eigenvalue weighted by Gasteiger charge is 2.26. The van der Waals surface area contributed by atoms with E-state index in [0.717, 1.165) is 24.1 Å². The predicted molar refractivity (Wildman–Crippen MR) is 116 cm³/mol. The van der Waals surface area contributed by atoms with Crippen molar-refractivity contribution in [3.05, 3.63) is 69.7 Å². The lowest BCUT2D eigenvalue weighted by Gasteiger charge is -2.21. The third-order valence-electron chi connectivity index (χ3n) is 5.05. The summed E-state index contributed by atoms with van der Waals surface area (Å²) < 4.78 is 10.8. The third kappa shape index (κ3) is 6.46. The van der Waals surface area contributed by atoms with Gasteiger partial charge < -0.3 is 20.1 Å². The number of nitrogens with one attached hydrogen (secondary N) is 2. The highest BCUT2D eigenvalue weighted by molar-refractivity contribution is 6.30. The van der Waals surface area contributed by atoms with Gasteiger partial charge in [0.15, 0.2) is 0 Å². The first kappa shape index (κ1) is 21.6. The van der Waals surface area contributed by atoms with Crippen LogP contribution in [0.15, 0.2) is 42.5 Å². The first-order valence-electron chi connectivity index (χ1n) is 10.1. The Morgan fingerprint density at radius 1 is 1.17 bits per heavy atom. The summed E-state index contributed by atoms with van der Waals surface area (Å²) >= 11 is 6.25. The summed E-state index contributed by atoms with van der Waals surface area (Å²) in [7, 11) is 3.32. The first-order valence-corrected chi connectivity index (χ1v) is 10.5. The molecule has 1 saturated carbocycles. The number of carbonyl (C=O) groups excluding carboxylic acids is 1. The largest absolute Gasteiger partial charge is 0.453 e. The summed E-state index contributed by atoms with van der Waals surface area (Å²) in [6.45, 7) is 1.67. The molecule has 0 spiro atoms. The Kier molecular flexibility index (Phi) is 7.92. The summed E-state index contributed by atoms with van der Waals surface area (Å²) in [5, 5.41) is 6.56. The van der Waals surface area contributed by atoms with Crippen LogP contribution in [0.1, 0.15) is 47.1 Å². The zero-order valence-corrected chi connectivity index (χ0v) is 17.8. The predicted octanol–water partition coefficient (Wildman–Crippen LogP) is 4.44. The van der Waals surface area contributed by atoms with Crippen LogP contribution >= 0.6 is 11.6 Å². The van der Waals surface area contributed by atoms with Gasteiger partial charge in [-0.2, -0.15) is 0 Å². The van der Waals surface area contributed by atoms with Gasteiger partial charge in [-0.25, -0.2) is 4.79 Å². The van der Waals surface area contributed by atoms with E-state index < -0.39 is 6.09 Å². The molecule has 0 aliphatic heterocycles. The van der Waals surface area contributed by atoms with Crippen molar-refractivity contribution in [1.82, 2.24) is 10.6 Å². The molecule has 0 aromatic heterocycles. The summed E-state index contributed by atoms with van der Waals surface area (Å²) in [6, 6.07) is 14.6. The maximum atomic E-state index is 11.3. The summed E-state index contributed by atoms with van der Waals surface area (Å²) in [5.41, 5.74) is 4.82. The number of hydrogen-bond acceptors (Lipinski definition) is 4. The lowest BCUT2D eigenvalue weighted by atomic mass is 9.94. The smallest absolute Gasteiger partial charge is 0.406 e. The van der Waals surface area contributed by atoms with Crippen molar-refractivity contribution in [2.24, 2.45) is 0 Å². The van der Waals surface area contributed by atoms with E-state index in [-0.39, 0.29) is 6.10 Å². The molecule has 1 amide bonds. The molecule has 1 atom stereocenters. The number of benzene rings is 2. The van der Waals surface area contributed by atoms with Crippen LogP contribution in [0, 0.1) is 0 Å². The molecule has 6 heteroatoms. The van der Waals surface area contributed by atoms with Gasteiger partial charge in [0.25, 0.3) is 0 Å². The van der Waals surface area contributed by atoms with E-state index in [9.17, 15) is 4.79 Å². The Bertz CT molecular complexity index is 824. The molecule has 0 heterocycles. The lowest BCUT2D eigenvalue weighted by Crippen LogP contribution is -2.27. The zero-order valence-electron chi connectivity index (χ0n) is 17.0. The van der Waals surface area contributed by atoms with Crippen LogP contribution in [0.5, 0.6) is 0 Å². The second kappa shape index (κ2) is 10.6. The molecule has 3 rings (SSSR count). The molecule has 0 saturated heterocycles. The SMILES string of the molecule is CNCCc1cc(C2CC2)cc(C(OCCNC(=O)OC)c2cccc(Cl)c2)c1. The van der Waals surface area contributed by atoms with Crippen molar-refractivity contribution in [1.29, 1.82) is 0 Å². The van der Waals surface area contributed by atoms with E-state index in [2.05, 4.69) is 33.6 Å². The molecule has 0 radical (unpaired) electrons. The molecule has 5 nitrogen and oxygen atoms in total. The molecule has 2 N–H and O–H groups in total. The number of likely N-dealkylation sites (N-methyl/N-ethyl adjacent to an activating group) is 1. The van der Waals surface area contributed by atoms with E-state index in [4.69, 9.17) is 16.3 Å². The number of ether oxygens (including phenoxy) is 2. The van der Waals surface area contributed by atoms with Crippen LogP contribution < -0.4 is 10.6 Å². The lowest BCUT2D eigenvalue weighted by molar-refractivity contribution is 0.0805. The zero-order chi connectivity index (χ0) is 20.6. The molecule has 2 aromatic rings. The minimum Gasteiger partial charge on any atom is -0.453 e. The third-order valence-corrected chi connectivity index (χ3v) is 5.28. The molecule has 1 fully saturated rings. The average Bonchev–Trinajstić information content (AvgIpc) is 3.57. The summed E-state index contributed by atoms with van der Waals surface area (Å²) in [6.07, 6.45) is 2.76. The molecule has 1 aliphatic carbocycles. The van der Waals surface area contributed by atoms with Crippen molar-refractivity contribution in [2.45, 2.75) is 31.3 Å². The summed E-state index contributed by atoms with van der Waals surface area (Å²) in [4.78, 5) is 11.3. The maximum absolute atomic E-state index is 11.3. The van der Waals surface area contributed by atoms with Gasteiger partial charge in [-0.1, -0.05) is 41.9 Å². The van der Waals surface area contributed by atoms with Crippen LogP contribution in [-0.4, -0.2) is 39.9 Å². The first-order chi connectivity index (χ1) is 14.1. The fourth-order valence-corrected chi connectivity index (χ4v) is 3.62. The molecule has 0 bridgehead atoms. The quantitative estimate of drug-likeness (QED) is 0.562. The molecular weight excluding hydrogens is 388 g/mol. The van der Waals surface area contributed by atoms with Gasteiger partial charge in [-0.3, -0.25) is 0 Å². The topological polar surface area (TPSA) is 59.6 Å². The Morgan fingerprint density at radius 2 is 2.00 bits per heavy atom. The van der Waals surface area contributed by atoms with Gasteiger partial charge in [-0.15, -0.1) is 0 Å². The van der Waals surface area contributed by atoms with Gasteiger partial charge in [0.1, 0.15) is 6.10 Å². The fourth-order valence-electron chi connectivity index (χ4n) is 3.42. The van der Waals surface area contributed by atoms with Gasteiger partial charge in [-0.05, 0) is 73.2 Å². The number of rotatable bonds is 10. The molecule has 1 aliphatic rings. The second-order valence-electron chi connectivity index (χ2n) is 7.36. The van der Waals surface area contributed by atoms with Crippen molar-refractivity contribution in [3.8, 4) is 0 Å². The molecular formula is C23H29ClN2O3. The average molecular weight is 417 g/mol. The minimum atomic E-state index is -0.460. The van der Waals surface area contributed by atoms with Gasteiger partial charge in [0.05, 0.1) is 13.7 Å². The number of amides is 1. The summed E-state index contributed by atoms with van der Waals surface area (Å²) in [5.74, 6) is 0.657. The van der Waals surface area contributed by atoms with Gasteiger partial charge in [0, 0.05) is 11.6 Å². The van der Waals surface area contributed by atoms with E-state index in [1.165, 1.54) is 31.1 Å². The fraction of sp³-hybridized carbons (Fsp3) is 0.435. The van der Waals surface area contributed by atoms with Crippen molar-refractivity contribution in [3.63, 3.8) is 0 Å². The normalized spacial score (nSPS) is 14.4. The Balaban J connectivity index is 1.85. The van der Waals surface area contributed by atoms with Crippen LogP contribution in [-0.2, 0) is 15.9 Å². The molecule has 1 unspecified atom stereocenters.